The molecule has 1 aromatic carbocycles. The van der Waals surface area contributed by atoms with Crippen LogP contribution in [0.2, 0.25) is 5.02 Å². The standard InChI is InChI=1S/C14H18BrClO/c1-8(2)12-7-14(9(3)4-13(12)16)17-11-5-10(15)6-11/h4,7-8,10-11H,5-6H2,1-3H3. The molecule has 1 fully saturated rings. The molecular formula is C14H18BrClO. The van der Waals surface area contributed by atoms with Gasteiger partial charge in [-0.2, -0.15) is 0 Å². The zero-order valence-electron chi connectivity index (χ0n) is 10.5. The number of rotatable bonds is 3. The maximum atomic E-state index is 6.24. The number of aryl methyl sites for hydroxylation is 1. The van der Waals surface area contributed by atoms with E-state index in [4.69, 9.17) is 16.3 Å². The van der Waals surface area contributed by atoms with Gasteiger partial charge >= 0.3 is 0 Å². The smallest absolute Gasteiger partial charge is 0.123 e. The average Bonchev–Trinajstić information content (AvgIpc) is 2.18. The quantitative estimate of drug-likeness (QED) is 0.707. The van der Waals surface area contributed by atoms with Crippen molar-refractivity contribution in [3.63, 3.8) is 0 Å². The Morgan fingerprint density at radius 1 is 1.35 bits per heavy atom. The number of alkyl halides is 1. The van der Waals surface area contributed by atoms with Crippen LogP contribution in [0.25, 0.3) is 0 Å². The first-order chi connectivity index (χ1) is 7.97. The van der Waals surface area contributed by atoms with Gasteiger partial charge in [-0.25, -0.2) is 0 Å². The van der Waals surface area contributed by atoms with Crippen molar-refractivity contribution < 1.29 is 4.74 Å². The molecule has 2 rings (SSSR count). The van der Waals surface area contributed by atoms with E-state index in [1.54, 1.807) is 0 Å². The Morgan fingerprint density at radius 3 is 2.53 bits per heavy atom. The van der Waals surface area contributed by atoms with Crippen molar-refractivity contribution in [1.29, 1.82) is 0 Å². The van der Waals surface area contributed by atoms with Crippen molar-refractivity contribution in [3.8, 4) is 5.75 Å². The maximum absolute atomic E-state index is 6.24. The molecule has 3 heteroatoms. The van der Waals surface area contributed by atoms with Crippen LogP contribution in [0.3, 0.4) is 0 Å². The number of hydrogen-bond acceptors (Lipinski definition) is 1. The molecule has 1 saturated carbocycles. The fraction of sp³-hybridized carbons (Fsp3) is 0.571. The molecule has 0 radical (unpaired) electrons. The van der Waals surface area contributed by atoms with E-state index in [0.29, 0.717) is 16.8 Å². The van der Waals surface area contributed by atoms with E-state index >= 15 is 0 Å². The highest BCUT2D eigenvalue weighted by molar-refractivity contribution is 9.09. The topological polar surface area (TPSA) is 9.23 Å². The van der Waals surface area contributed by atoms with Crippen molar-refractivity contribution in [2.24, 2.45) is 0 Å². The minimum absolute atomic E-state index is 0.360. The molecule has 1 nitrogen and oxygen atoms in total. The summed E-state index contributed by atoms with van der Waals surface area (Å²) in [6.45, 7) is 6.35. The van der Waals surface area contributed by atoms with Crippen LogP contribution >= 0.6 is 27.5 Å². The molecule has 0 unspecified atom stereocenters. The molecule has 0 aliphatic heterocycles. The summed E-state index contributed by atoms with van der Waals surface area (Å²) in [5, 5.41) is 0.844. The molecule has 17 heavy (non-hydrogen) atoms. The zero-order chi connectivity index (χ0) is 12.6. The van der Waals surface area contributed by atoms with Crippen LogP contribution in [0.5, 0.6) is 5.75 Å². The SMILES string of the molecule is Cc1cc(Cl)c(C(C)C)cc1OC1CC(Br)C1. The lowest BCUT2D eigenvalue weighted by Crippen LogP contribution is -2.34. The van der Waals surface area contributed by atoms with Crippen LogP contribution in [0.1, 0.15) is 43.7 Å². The van der Waals surface area contributed by atoms with Gasteiger partial charge in [0.15, 0.2) is 0 Å². The summed E-state index contributed by atoms with van der Waals surface area (Å²) in [6.07, 6.45) is 2.55. The molecule has 0 spiro atoms. The van der Waals surface area contributed by atoms with E-state index in [1.807, 2.05) is 6.07 Å². The number of halogens is 2. The lowest BCUT2D eigenvalue weighted by atomic mass is 9.95. The Labute approximate surface area is 117 Å². The van der Waals surface area contributed by atoms with Crippen LogP contribution in [0.15, 0.2) is 12.1 Å². The summed E-state index contributed by atoms with van der Waals surface area (Å²) < 4.78 is 6.01. The summed E-state index contributed by atoms with van der Waals surface area (Å²) in [6, 6.07) is 4.11. The molecule has 0 heterocycles. The Bertz CT molecular complexity index is 411. The molecule has 0 saturated heterocycles. The second-order valence-corrected chi connectivity index (χ2v) is 6.80. The average molecular weight is 318 g/mol. The van der Waals surface area contributed by atoms with Crippen LogP contribution in [0.4, 0.5) is 0 Å². The Balaban J connectivity index is 2.18. The first-order valence-electron chi connectivity index (χ1n) is 6.08. The molecule has 1 aliphatic rings. The van der Waals surface area contributed by atoms with Crippen molar-refractivity contribution in [3.05, 3.63) is 28.3 Å². The Morgan fingerprint density at radius 2 is 2.00 bits per heavy atom. The van der Waals surface area contributed by atoms with Gasteiger partial charge in [-0.3, -0.25) is 0 Å². The normalized spacial score (nSPS) is 23.6. The molecule has 0 aromatic heterocycles. The first-order valence-corrected chi connectivity index (χ1v) is 7.37. The van der Waals surface area contributed by atoms with Gasteiger partial charge in [0, 0.05) is 9.85 Å². The van der Waals surface area contributed by atoms with Crippen molar-refractivity contribution in [2.45, 2.75) is 50.5 Å². The van der Waals surface area contributed by atoms with Crippen LogP contribution in [-0.4, -0.2) is 10.9 Å². The van der Waals surface area contributed by atoms with E-state index in [9.17, 15) is 0 Å². The molecule has 0 atom stereocenters. The van der Waals surface area contributed by atoms with E-state index in [-0.39, 0.29) is 0 Å². The molecule has 0 amide bonds. The van der Waals surface area contributed by atoms with Crippen molar-refractivity contribution in [2.75, 3.05) is 0 Å². The Hall–Kier alpha value is -0.210. The number of ether oxygens (including phenoxy) is 1. The highest BCUT2D eigenvalue weighted by atomic mass is 79.9. The second kappa shape index (κ2) is 5.19. The number of hydrogen-bond donors (Lipinski definition) is 0. The third-order valence-electron chi connectivity index (χ3n) is 3.25. The predicted molar refractivity (Wildman–Crippen MR) is 76.6 cm³/mol. The van der Waals surface area contributed by atoms with Crippen LogP contribution in [0, 0.1) is 6.92 Å². The van der Waals surface area contributed by atoms with Crippen molar-refractivity contribution >= 4 is 27.5 Å². The fourth-order valence-corrected chi connectivity index (χ4v) is 3.29. The van der Waals surface area contributed by atoms with Gasteiger partial charge in [-0.1, -0.05) is 41.4 Å². The molecule has 0 bridgehead atoms. The van der Waals surface area contributed by atoms with E-state index < -0.39 is 0 Å². The molecule has 1 aliphatic carbocycles. The van der Waals surface area contributed by atoms with Gasteiger partial charge in [0.2, 0.25) is 0 Å². The lowest BCUT2D eigenvalue weighted by molar-refractivity contribution is 0.127. The number of benzene rings is 1. The highest BCUT2D eigenvalue weighted by Gasteiger charge is 2.29. The molecule has 94 valence electrons. The molecule has 0 N–H and O–H groups in total. The third-order valence-corrected chi connectivity index (χ3v) is 4.32. The minimum Gasteiger partial charge on any atom is -0.490 e. The lowest BCUT2D eigenvalue weighted by Gasteiger charge is -2.32. The van der Waals surface area contributed by atoms with Crippen molar-refractivity contribution in [1.82, 2.24) is 0 Å². The highest BCUT2D eigenvalue weighted by Crippen LogP contribution is 2.35. The largest absolute Gasteiger partial charge is 0.490 e. The van der Waals surface area contributed by atoms with E-state index in [2.05, 4.69) is 42.8 Å². The summed E-state index contributed by atoms with van der Waals surface area (Å²) >= 11 is 9.82. The minimum atomic E-state index is 0.360. The fourth-order valence-electron chi connectivity index (χ4n) is 2.02. The van der Waals surface area contributed by atoms with Gasteiger partial charge < -0.3 is 4.74 Å². The van der Waals surface area contributed by atoms with Gasteiger partial charge in [0.25, 0.3) is 0 Å². The summed E-state index contributed by atoms with van der Waals surface area (Å²) in [5.74, 6) is 1.42. The third kappa shape index (κ3) is 2.97. The summed E-state index contributed by atoms with van der Waals surface area (Å²) in [4.78, 5) is 0.629. The zero-order valence-corrected chi connectivity index (χ0v) is 12.8. The summed E-state index contributed by atoms with van der Waals surface area (Å²) in [5.41, 5.74) is 2.29. The van der Waals surface area contributed by atoms with Crippen LogP contribution in [-0.2, 0) is 0 Å². The predicted octanol–water partition coefficient (Wildman–Crippen LogP) is 5.08. The second-order valence-electron chi connectivity index (χ2n) is 5.10. The van der Waals surface area contributed by atoms with Gasteiger partial charge in [0.05, 0.1) is 0 Å². The van der Waals surface area contributed by atoms with Crippen LogP contribution < -0.4 is 4.74 Å². The first kappa shape index (κ1) is 13.2. The Kier molecular flexibility index (Phi) is 4.04. The molecular weight excluding hydrogens is 300 g/mol. The monoisotopic (exact) mass is 316 g/mol. The summed E-state index contributed by atoms with van der Waals surface area (Å²) in [7, 11) is 0. The van der Waals surface area contributed by atoms with Gasteiger partial charge in [-0.15, -0.1) is 0 Å². The van der Waals surface area contributed by atoms with E-state index in [1.165, 1.54) is 5.56 Å². The molecule has 1 aromatic rings. The maximum Gasteiger partial charge on any atom is 0.123 e. The van der Waals surface area contributed by atoms with E-state index in [0.717, 1.165) is 29.2 Å². The van der Waals surface area contributed by atoms with Gasteiger partial charge in [-0.05, 0) is 48.9 Å². The van der Waals surface area contributed by atoms with Gasteiger partial charge in [0.1, 0.15) is 11.9 Å².